The molecule has 88 valence electrons. The molecule has 0 saturated carbocycles. The second-order valence-electron chi connectivity index (χ2n) is 4.13. The lowest BCUT2D eigenvalue weighted by Gasteiger charge is -2.11. The zero-order chi connectivity index (χ0) is 11.7. The Kier molecular flexibility index (Phi) is 2.78. The van der Waals surface area contributed by atoms with Crippen molar-refractivity contribution >= 4 is 11.3 Å². The van der Waals surface area contributed by atoms with Crippen LogP contribution < -0.4 is 10.9 Å². The Morgan fingerprint density at radius 2 is 2.35 bits per heavy atom. The Balaban J connectivity index is 2.03. The summed E-state index contributed by atoms with van der Waals surface area (Å²) in [5.41, 5.74) is 0.866. The zero-order valence-corrected chi connectivity index (χ0v) is 10.1. The molecule has 2 aromatic rings. The van der Waals surface area contributed by atoms with Crippen molar-refractivity contribution in [3.63, 3.8) is 0 Å². The summed E-state index contributed by atoms with van der Waals surface area (Å²) in [6.45, 7) is 1.79. The number of nitrogens with one attached hydrogen (secondary N) is 1. The van der Waals surface area contributed by atoms with Crippen LogP contribution in [0.15, 0.2) is 34.4 Å². The predicted octanol–water partition coefficient (Wildman–Crippen LogP) is 1.51. The molecule has 1 atom stereocenters. The van der Waals surface area contributed by atoms with Gasteiger partial charge in [-0.25, -0.2) is 4.68 Å². The molecule has 1 unspecified atom stereocenters. The van der Waals surface area contributed by atoms with Crippen LogP contribution in [0.4, 0.5) is 0 Å². The van der Waals surface area contributed by atoms with Crippen LogP contribution in [0.25, 0.3) is 10.6 Å². The van der Waals surface area contributed by atoms with E-state index in [-0.39, 0.29) is 11.6 Å². The van der Waals surface area contributed by atoms with Crippen molar-refractivity contribution in [3.05, 3.63) is 40.0 Å². The molecule has 1 fully saturated rings. The highest BCUT2D eigenvalue weighted by Crippen LogP contribution is 2.22. The molecule has 5 heteroatoms. The van der Waals surface area contributed by atoms with Crippen LogP contribution >= 0.6 is 11.3 Å². The molecule has 17 heavy (non-hydrogen) atoms. The lowest BCUT2D eigenvalue weighted by Crippen LogP contribution is -2.28. The van der Waals surface area contributed by atoms with E-state index in [2.05, 4.69) is 10.4 Å². The van der Waals surface area contributed by atoms with Crippen LogP contribution in [0.2, 0.25) is 0 Å². The van der Waals surface area contributed by atoms with Crippen LogP contribution in [0.5, 0.6) is 0 Å². The van der Waals surface area contributed by atoms with E-state index >= 15 is 0 Å². The maximum absolute atomic E-state index is 11.8. The van der Waals surface area contributed by atoms with E-state index in [0.717, 1.165) is 30.1 Å². The first-order chi connectivity index (χ1) is 8.34. The smallest absolute Gasteiger partial charge is 0.267 e. The molecule has 0 aliphatic carbocycles. The second kappa shape index (κ2) is 4.43. The van der Waals surface area contributed by atoms with Gasteiger partial charge in [0, 0.05) is 12.6 Å². The maximum atomic E-state index is 11.8. The lowest BCUT2D eigenvalue weighted by molar-refractivity contribution is 0.467. The minimum Gasteiger partial charge on any atom is -0.315 e. The van der Waals surface area contributed by atoms with Gasteiger partial charge in [0.05, 0.1) is 10.9 Å². The molecule has 3 rings (SSSR count). The second-order valence-corrected chi connectivity index (χ2v) is 5.07. The number of rotatable bonds is 2. The first-order valence-electron chi connectivity index (χ1n) is 5.69. The van der Waals surface area contributed by atoms with Crippen molar-refractivity contribution in [2.45, 2.75) is 12.5 Å². The summed E-state index contributed by atoms with van der Waals surface area (Å²) >= 11 is 1.64. The van der Waals surface area contributed by atoms with Gasteiger partial charge < -0.3 is 5.32 Å². The number of aromatic nitrogens is 2. The minimum absolute atomic E-state index is 0.0148. The van der Waals surface area contributed by atoms with E-state index in [4.69, 9.17) is 0 Å². The Morgan fingerprint density at radius 3 is 3.06 bits per heavy atom. The fourth-order valence-electron chi connectivity index (χ4n) is 2.09. The van der Waals surface area contributed by atoms with E-state index in [0.29, 0.717) is 0 Å². The van der Waals surface area contributed by atoms with E-state index in [1.54, 1.807) is 28.2 Å². The molecule has 1 aliphatic heterocycles. The molecule has 0 spiro atoms. The Hall–Kier alpha value is -1.46. The van der Waals surface area contributed by atoms with E-state index in [1.807, 2.05) is 17.5 Å². The highest BCUT2D eigenvalue weighted by Gasteiger charge is 2.18. The van der Waals surface area contributed by atoms with Gasteiger partial charge in [0.1, 0.15) is 5.69 Å². The fourth-order valence-corrected chi connectivity index (χ4v) is 2.78. The highest BCUT2D eigenvalue weighted by molar-refractivity contribution is 7.13. The molecular weight excluding hydrogens is 234 g/mol. The van der Waals surface area contributed by atoms with Crippen LogP contribution in [0, 0.1) is 0 Å². The van der Waals surface area contributed by atoms with Gasteiger partial charge >= 0.3 is 0 Å². The van der Waals surface area contributed by atoms with Crippen molar-refractivity contribution in [1.82, 2.24) is 15.1 Å². The topological polar surface area (TPSA) is 46.9 Å². The van der Waals surface area contributed by atoms with Crippen LogP contribution in [0.1, 0.15) is 12.5 Å². The van der Waals surface area contributed by atoms with Crippen molar-refractivity contribution in [2.75, 3.05) is 13.1 Å². The van der Waals surface area contributed by atoms with Gasteiger partial charge in [-0.15, -0.1) is 11.3 Å². The molecule has 1 aliphatic rings. The van der Waals surface area contributed by atoms with Crippen molar-refractivity contribution in [1.29, 1.82) is 0 Å². The quantitative estimate of drug-likeness (QED) is 0.875. The normalized spacial score (nSPS) is 19.6. The van der Waals surface area contributed by atoms with Crippen molar-refractivity contribution < 1.29 is 0 Å². The molecule has 1 N–H and O–H groups in total. The van der Waals surface area contributed by atoms with Crippen molar-refractivity contribution in [3.8, 4) is 10.6 Å². The lowest BCUT2D eigenvalue weighted by atomic mass is 10.2. The number of hydrogen-bond acceptors (Lipinski definition) is 4. The summed E-state index contributed by atoms with van der Waals surface area (Å²) < 4.78 is 1.62. The molecule has 0 radical (unpaired) electrons. The van der Waals surface area contributed by atoms with Gasteiger partial charge in [0.2, 0.25) is 0 Å². The number of hydrogen-bond donors (Lipinski definition) is 1. The maximum Gasteiger partial charge on any atom is 0.267 e. The molecule has 0 amide bonds. The van der Waals surface area contributed by atoms with Gasteiger partial charge in [-0.3, -0.25) is 4.79 Å². The molecule has 2 aromatic heterocycles. The Labute approximate surface area is 103 Å². The van der Waals surface area contributed by atoms with Crippen LogP contribution in [-0.2, 0) is 0 Å². The summed E-state index contributed by atoms with van der Waals surface area (Å²) in [6.07, 6.45) is 0.973. The summed E-state index contributed by atoms with van der Waals surface area (Å²) in [7, 11) is 0. The standard InChI is InChI=1S/C12H13N3OS/c16-12-4-3-10(11-2-1-7-17-11)14-15(12)9-5-6-13-8-9/h1-4,7,9,13H,5-6,8H2. The first-order valence-corrected chi connectivity index (χ1v) is 6.57. The number of nitrogens with zero attached hydrogens (tertiary/aromatic N) is 2. The van der Waals surface area contributed by atoms with E-state index < -0.39 is 0 Å². The minimum atomic E-state index is -0.0148. The molecule has 1 saturated heterocycles. The molecule has 0 aromatic carbocycles. The van der Waals surface area contributed by atoms with Gasteiger partial charge in [-0.2, -0.15) is 5.10 Å². The molecule has 4 nitrogen and oxygen atoms in total. The Morgan fingerprint density at radius 1 is 1.41 bits per heavy atom. The van der Waals surface area contributed by atoms with E-state index in [1.165, 1.54) is 0 Å². The SMILES string of the molecule is O=c1ccc(-c2cccs2)nn1C1CCNC1. The third-order valence-electron chi connectivity index (χ3n) is 2.98. The van der Waals surface area contributed by atoms with Crippen LogP contribution in [0.3, 0.4) is 0 Å². The zero-order valence-electron chi connectivity index (χ0n) is 9.30. The summed E-state index contributed by atoms with van der Waals surface area (Å²) in [4.78, 5) is 12.9. The van der Waals surface area contributed by atoms with Crippen LogP contribution in [-0.4, -0.2) is 22.9 Å². The van der Waals surface area contributed by atoms with Gasteiger partial charge in [0.25, 0.3) is 5.56 Å². The summed E-state index contributed by atoms with van der Waals surface area (Å²) in [5, 5.41) is 9.74. The van der Waals surface area contributed by atoms with E-state index in [9.17, 15) is 4.79 Å². The third-order valence-corrected chi connectivity index (χ3v) is 3.87. The molecule has 3 heterocycles. The third kappa shape index (κ3) is 2.03. The Bertz CT molecular complexity index is 555. The molecule has 0 bridgehead atoms. The molecular formula is C12H13N3OS. The van der Waals surface area contributed by atoms with Gasteiger partial charge in [0.15, 0.2) is 0 Å². The van der Waals surface area contributed by atoms with Gasteiger partial charge in [-0.1, -0.05) is 6.07 Å². The first kappa shape index (κ1) is 10.7. The van der Waals surface area contributed by atoms with Gasteiger partial charge in [-0.05, 0) is 30.5 Å². The number of thiophene rings is 1. The predicted molar refractivity (Wildman–Crippen MR) is 68.3 cm³/mol. The average molecular weight is 247 g/mol. The summed E-state index contributed by atoms with van der Waals surface area (Å²) in [6, 6.07) is 7.62. The average Bonchev–Trinajstić information content (AvgIpc) is 3.03. The summed E-state index contributed by atoms with van der Waals surface area (Å²) in [5.74, 6) is 0. The monoisotopic (exact) mass is 247 g/mol. The highest BCUT2D eigenvalue weighted by atomic mass is 32.1. The fraction of sp³-hybridized carbons (Fsp3) is 0.333. The van der Waals surface area contributed by atoms with Crippen molar-refractivity contribution in [2.24, 2.45) is 0 Å². The largest absolute Gasteiger partial charge is 0.315 e.